The number of amides is 1. The Labute approximate surface area is 115 Å². The van der Waals surface area contributed by atoms with Gasteiger partial charge in [0, 0.05) is 17.1 Å². The number of primary amides is 1. The Balaban J connectivity index is 2.50. The minimum Gasteiger partial charge on any atom is -0.489 e. The van der Waals surface area contributed by atoms with Gasteiger partial charge < -0.3 is 15.5 Å². The molecular formula is C14H14N4O2. The molecule has 0 atom stereocenters. The first-order valence-electron chi connectivity index (χ1n) is 6.06. The Morgan fingerprint density at radius 1 is 1.60 bits per heavy atom. The van der Waals surface area contributed by atoms with Crippen LogP contribution in [0.3, 0.4) is 0 Å². The van der Waals surface area contributed by atoms with Crippen molar-refractivity contribution in [3.05, 3.63) is 29.6 Å². The van der Waals surface area contributed by atoms with Crippen molar-refractivity contribution in [1.29, 1.82) is 5.26 Å². The van der Waals surface area contributed by atoms with Crippen molar-refractivity contribution in [2.45, 2.75) is 20.0 Å². The first-order valence-corrected chi connectivity index (χ1v) is 6.06. The quantitative estimate of drug-likeness (QED) is 0.652. The third kappa shape index (κ3) is 2.78. The lowest BCUT2D eigenvalue weighted by Crippen LogP contribution is -2.12. The number of aromatic amines is 1. The number of nitrogens with two attached hydrogens (primary N) is 1. The molecule has 0 saturated heterocycles. The van der Waals surface area contributed by atoms with Gasteiger partial charge in [0.15, 0.2) is 0 Å². The SMILES string of the molecule is CC(C)Oc1cnc2[nH]cc(C=C(C#N)C(N)=O)c2c1. The van der Waals surface area contributed by atoms with E-state index in [-0.39, 0.29) is 11.7 Å². The van der Waals surface area contributed by atoms with E-state index in [2.05, 4.69) is 9.97 Å². The van der Waals surface area contributed by atoms with Gasteiger partial charge >= 0.3 is 0 Å². The summed E-state index contributed by atoms with van der Waals surface area (Å²) in [6.45, 7) is 3.84. The number of ether oxygens (including phenoxy) is 1. The molecule has 1 amide bonds. The smallest absolute Gasteiger partial charge is 0.259 e. The second kappa shape index (κ2) is 5.45. The summed E-state index contributed by atoms with van der Waals surface area (Å²) in [7, 11) is 0. The monoisotopic (exact) mass is 270 g/mol. The first-order chi connectivity index (χ1) is 9.51. The lowest BCUT2D eigenvalue weighted by molar-refractivity contribution is -0.114. The third-order valence-corrected chi connectivity index (χ3v) is 2.60. The number of carbonyl (C=O) groups is 1. The van der Waals surface area contributed by atoms with Gasteiger partial charge in [-0.3, -0.25) is 4.79 Å². The highest BCUT2D eigenvalue weighted by molar-refractivity contribution is 6.02. The molecule has 2 aromatic heterocycles. The number of fused-ring (bicyclic) bond motifs is 1. The van der Waals surface area contributed by atoms with Crippen LogP contribution < -0.4 is 10.5 Å². The summed E-state index contributed by atoms with van der Waals surface area (Å²) in [5.41, 5.74) is 6.32. The van der Waals surface area contributed by atoms with Crippen molar-refractivity contribution in [3.8, 4) is 11.8 Å². The van der Waals surface area contributed by atoms with E-state index in [9.17, 15) is 4.79 Å². The van der Waals surface area contributed by atoms with Gasteiger partial charge in [-0.15, -0.1) is 0 Å². The Hall–Kier alpha value is -2.81. The maximum absolute atomic E-state index is 11.1. The van der Waals surface area contributed by atoms with Crippen LogP contribution in [0, 0.1) is 11.3 Å². The van der Waals surface area contributed by atoms with Crippen LogP contribution in [0.5, 0.6) is 5.75 Å². The van der Waals surface area contributed by atoms with E-state index in [0.717, 1.165) is 5.39 Å². The maximum atomic E-state index is 11.1. The fourth-order valence-electron chi connectivity index (χ4n) is 1.77. The molecule has 20 heavy (non-hydrogen) atoms. The zero-order chi connectivity index (χ0) is 14.7. The molecule has 3 N–H and O–H groups in total. The lowest BCUT2D eigenvalue weighted by Gasteiger charge is -2.08. The summed E-state index contributed by atoms with van der Waals surface area (Å²) >= 11 is 0. The number of H-pyrrole nitrogens is 1. The molecule has 102 valence electrons. The van der Waals surface area contributed by atoms with Crippen LogP contribution in [-0.2, 0) is 4.79 Å². The molecule has 0 aromatic carbocycles. The molecule has 6 heteroatoms. The third-order valence-electron chi connectivity index (χ3n) is 2.60. The van der Waals surface area contributed by atoms with Crippen molar-refractivity contribution in [2.24, 2.45) is 5.73 Å². The number of nitriles is 1. The molecule has 2 heterocycles. The number of rotatable bonds is 4. The van der Waals surface area contributed by atoms with Crippen LogP contribution in [-0.4, -0.2) is 22.0 Å². The molecule has 0 aliphatic heterocycles. The van der Waals surface area contributed by atoms with Gasteiger partial charge in [0.1, 0.15) is 23.0 Å². The van der Waals surface area contributed by atoms with Gasteiger partial charge in [-0.2, -0.15) is 5.26 Å². The van der Waals surface area contributed by atoms with Crippen LogP contribution >= 0.6 is 0 Å². The summed E-state index contributed by atoms with van der Waals surface area (Å²) in [5.74, 6) is -0.135. The summed E-state index contributed by atoms with van der Waals surface area (Å²) < 4.78 is 5.57. The summed E-state index contributed by atoms with van der Waals surface area (Å²) in [6.07, 6.45) is 4.75. The first kappa shape index (κ1) is 13.6. The molecule has 0 saturated carbocycles. The van der Waals surface area contributed by atoms with Gasteiger partial charge in [0.25, 0.3) is 5.91 Å². The Kier molecular flexibility index (Phi) is 3.71. The van der Waals surface area contributed by atoms with E-state index in [1.807, 2.05) is 13.8 Å². The zero-order valence-corrected chi connectivity index (χ0v) is 11.2. The number of hydrogen-bond acceptors (Lipinski definition) is 4. The predicted molar refractivity (Wildman–Crippen MR) is 74.6 cm³/mol. The van der Waals surface area contributed by atoms with E-state index in [4.69, 9.17) is 15.7 Å². The molecule has 0 bridgehead atoms. The van der Waals surface area contributed by atoms with E-state index < -0.39 is 5.91 Å². The summed E-state index contributed by atoms with van der Waals surface area (Å²) in [5, 5.41) is 9.63. The van der Waals surface area contributed by atoms with Crippen molar-refractivity contribution < 1.29 is 9.53 Å². The number of nitrogens with one attached hydrogen (secondary N) is 1. The highest BCUT2D eigenvalue weighted by atomic mass is 16.5. The fraction of sp³-hybridized carbons (Fsp3) is 0.214. The maximum Gasteiger partial charge on any atom is 0.259 e. The Morgan fingerprint density at radius 3 is 2.95 bits per heavy atom. The second-order valence-corrected chi connectivity index (χ2v) is 4.51. The topological polar surface area (TPSA) is 105 Å². The molecular weight excluding hydrogens is 256 g/mol. The fourth-order valence-corrected chi connectivity index (χ4v) is 1.77. The minimum absolute atomic E-state index is 0.0347. The molecule has 2 aromatic rings. The van der Waals surface area contributed by atoms with Crippen molar-refractivity contribution in [1.82, 2.24) is 9.97 Å². The number of carbonyl (C=O) groups excluding carboxylic acids is 1. The molecule has 0 spiro atoms. The second-order valence-electron chi connectivity index (χ2n) is 4.51. The number of hydrogen-bond donors (Lipinski definition) is 2. The zero-order valence-electron chi connectivity index (χ0n) is 11.2. The Morgan fingerprint density at radius 2 is 2.35 bits per heavy atom. The highest BCUT2D eigenvalue weighted by Gasteiger charge is 2.09. The minimum atomic E-state index is -0.760. The van der Waals surface area contributed by atoms with Crippen LogP contribution in [0.2, 0.25) is 0 Å². The lowest BCUT2D eigenvalue weighted by atomic mass is 10.1. The molecule has 6 nitrogen and oxygen atoms in total. The number of pyridine rings is 1. The van der Waals surface area contributed by atoms with Crippen LogP contribution in [0.1, 0.15) is 19.4 Å². The van der Waals surface area contributed by atoms with Gasteiger partial charge in [-0.25, -0.2) is 4.98 Å². The van der Waals surface area contributed by atoms with Crippen molar-refractivity contribution in [2.75, 3.05) is 0 Å². The van der Waals surface area contributed by atoms with Crippen molar-refractivity contribution >= 4 is 23.0 Å². The number of aromatic nitrogens is 2. The van der Waals surface area contributed by atoms with E-state index in [0.29, 0.717) is 17.0 Å². The van der Waals surface area contributed by atoms with Crippen LogP contribution in [0.4, 0.5) is 0 Å². The summed E-state index contributed by atoms with van der Waals surface area (Å²) in [6, 6.07) is 3.58. The average Bonchev–Trinajstić information content (AvgIpc) is 2.77. The van der Waals surface area contributed by atoms with Gasteiger partial charge in [0.05, 0.1) is 12.3 Å². The largest absolute Gasteiger partial charge is 0.489 e. The van der Waals surface area contributed by atoms with Crippen molar-refractivity contribution in [3.63, 3.8) is 0 Å². The highest BCUT2D eigenvalue weighted by Crippen LogP contribution is 2.24. The number of nitrogens with zero attached hydrogens (tertiary/aromatic N) is 2. The van der Waals surface area contributed by atoms with Gasteiger partial charge in [-0.05, 0) is 26.0 Å². The molecule has 0 unspecified atom stereocenters. The molecule has 0 aliphatic rings. The van der Waals surface area contributed by atoms with Crippen LogP contribution in [0.25, 0.3) is 17.1 Å². The summed E-state index contributed by atoms with van der Waals surface area (Å²) in [4.78, 5) is 18.3. The molecule has 0 aliphatic carbocycles. The standard InChI is InChI=1S/C14H14N4O2/c1-8(2)20-11-4-12-10(3-9(5-15)13(16)19)6-17-14(12)18-7-11/h3-4,6-8H,1-2H3,(H2,16,19)(H,17,18). The van der Waals surface area contributed by atoms with E-state index in [1.165, 1.54) is 6.08 Å². The average molecular weight is 270 g/mol. The van der Waals surface area contributed by atoms with Gasteiger partial charge in [0.2, 0.25) is 0 Å². The van der Waals surface area contributed by atoms with Crippen LogP contribution in [0.15, 0.2) is 24.0 Å². The predicted octanol–water partition coefficient (Wildman–Crippen LogP) is 1.74. The molecule has 0 fully saturated rings. The van der Waals surface area contributed by atoms with Gasteiger partial charge in [-0.1, -0.05) is 0 Å². The molecule has 2 rings (SSSR count). The Bertz CT molecular complexity index is 722. The normalized spacial score (nSPS) is 11.6. The molecule has 0 radical (unpaired) electrons. The van der Waals surface area contributed by atoms with E-state index in [1.54, 1.807) is 24.5 Å². The van der Waals surface area contributed by atoms with E-state index >= 15 is 0 Å².